The zero-order chi connectivity index (χ0) is 20.8. The summed E-state index contributed by atoms with van der Waals surface area (Å²) in [7, 11) is 0. The highest BCUT2D eigenvalue weighted by molar-refractivity contribution is 5.90. The van der Waals surface area contributed by atoms with Crippen LogP contribution in [0.15, 0.2) is 54.6 Å². The van der Waals surface area contributed by atoms with Crippen molar-refractivity contribution in [2.24, 2.45) is 5.92 Å². The zero-order valence-corrected chi connectivity index (χ0v) is 15.4. The number of alkyl halides is 3. The van der Waals surface area contributed by atoms with E-state index in [4.69, 9.17) is 5.73 Å². The summed E-state index contributed by atoms with van der Waals surface area (Å²) in [6, 6.07) is 15.6. The number of hydrogen-bond acceptors (Lipinski definition) is 2. The number of nitrogens with two attached hydrogens (primary N) is 1. The van der Waals surface area contributed by atoms with Gasteiger partial charge >= 0.3 is 12.1 Å². The molecule has 3 aromatic rings. The van der Waals surface area contributed by atoms with Crippen molar-refractivity contribution in [1.29, 1.82) is 0 Å². The minimum absolute atomic E-state index is 0.00282. The Balaban J connectivity index is 1.92. The number of hydrogen-bond donors (Lipinski definition) is 2. The van der Waals surface area contributed by atoms with Gasteiger partial charge in [0.15, 0.2) is 0 Å². The summed E-state index contributed by atoms with van der Waals surface area (Å²) >= 11 is 0. The third kappa shape index (κ3) is 3.60. The molecule has 1 atom stereocenters. The molecule has 3 N–H and O–H groups in total. The topological polar surface area (TPSA) is 68.2 Å². The lowest BCUT2D eigenvalue weighted by Crippen LogP contribution is -2.29. The summed E-state index contributed by atoms with van der Waals surface area (Å²) in [5.41, 5.74) is 9.74. The van der Waals surface area contributed by atoms with Crippen molar-refractivity contribution in [3.63, 3.8) is 0 Å². The van der Waals surface area contributed by atoms with E-state index >= 15 is 0 Å². The molecule has 0 fully saturated rings. The summed E-state index contributed by atoms with van der Waals surface area (Å²) in [4.78, 5) is 11.5. The van der Waals surface area contributed by atoms with E-state index in [1.807, 2.05) is 34.9 Å². The Labute approximate surface area is 165 Å². The Kier molecular flexibility index (Phi) is 4.61. The molecule has 0 aliphatic heterocycles. The number of fused-ring (bicyclic) bond motifs is 1. The quantitative estimate of drug-likeness (QED) is 0.602. The van der Waals surface area contributed by atoms with Gasteiger partial charge in [0.25, 0.3) is 0 Å². The third-order valence-electron chi connectivity index (χ3n) is 5.37. The van der Waals surface area contributed by atoms with Crippen LogP contribution in [0.1, 0.15) is 28.0 Å². The van der Waals surface area contributed by atoms with Crippen molar-refractivity contribution in [2.75, 3.05) is 5.73 Å². The Morgan fingerprint density at radius 3 is 2.48 bits per heavy atom. The average molecular weight is 400 g/mol. The van der Waals surface area contributed by atoms with E-state index in [9.17, 15) is 23.1 Å². The number of nitrogens with zero attached hydrogens (tertiary/aromatic N) is 1. The molecule has 4 rings (SSSR count). The average Bonchev–Trinajstić information content (AvgIpc) is 3.06. The number of carboxylic acids is 1. The molecule has 0 saturated carbocycles. The molecule has 1 heterocycles. The molecule has 0 bridgehead atoms. The van der Waals surface area contributed by atoms with E-state index < -0.39 is 18.1 Å². The first kappa shape index (κ1) is 19.1. The van der Waals surface area contributed by atoms with Gasteiger partial charge in [0.05, 0.1) is 17.2 Å². The second-order valence-electron chi connectivity index (χ2n) is 7.30. The normalized spacial score (nSPS) is 16.4. The summed E-state index contributed by atoms with van der Waals surface area (Å²) in [6.07, 6.45) is -4.06. The molecular formula is C22H19F3N2O2. The van der Waals surface area contributed by atoms with Gasteiger partial charge < -0.3 is 15.4 Å². The van der Waals surface area contributed by atoms with Crippen molar-refractivity contribution < 1.29 is 23.1 Å². The lowest BCUT2D eigenvalue weighted by molar-refractivity contribution is -0.177. The Hall–Kier alpha value is -3.22. The van der Waals surface area contributed by atoms with Gasteiger partial charge in [-0.1, -0.05) is 30.3 Å². The van der Waals surface area contributed by atoms with Crippen LogP contribution in [-0.2, 0) is 12.8 Å². The monoisotopic (exact) mass is 400 g/mol. The van der Waals surface area contributed by atoms with Crippen molar-refractivity contribution >= 4 is 11.7 Å². The molecule has 150 valence electrons. The Bertz CT molecular complexity index is 1070. The lowest BCUT2D eigenvalue weighted by atomic mass is 9.87. The van der Waals surface area contributed by atoms with Crippen LogP contribution < -0.4 is 5.73 Å². The highest BCUT2D eigenvalue weighted by atomic mass is 19.4. The van der Waals surface area contributed by atoms with Gasteiger partial charge in [-0.25, -0.2) is 4.79 Å². The standard InChI is InChI=1S/C22H19F3N2O2/c23-22(24,25)16-6-7-19-14(8-16)11-20(13-4-2-1-3-5-13)27(19)18-10-15(21(28)29)9-17(26)12-18/h1-5,9-12,16H,6-8,26H2,(H,28,29). The van der Waals surface area contributed by atoms with Gasteiger partial charge in [-0.2, -0.15) is 13.2 Å². The highest BCUT2D eigenvalue weighted by Gasteiger charge is 2.42. The van der Waals surface area contributed by atoms with Crippen molar-refractivity contribution in [3.8, 4) is 16.9 Å². The maximum absolute atomic E-state index is 13.3. The van der Waals surface area contributed by atoms with Crippen LogP contribution >= 0.6 is 0 Å². The molecule has 1 aromatic heterocycles. The Morgan fingerprint density at radius 1 is 1.10 bits per heavy atom. The summed E-state index contributed by atoms with van der Waals surface area (Å²) in [5.74, 6) is -2.48. The molecule has 0 saturated heterocycles. The predicted octanol–water partition coefficient (Wildman–Crippen LogP) is 5.09. The molecular weight excluding hydrogens is 381 g/mol. The van der Waals surface area contributed by atoms with Crippen LogP contribution in [0.4, 0.5) is 18.9 Å². The second kappa shape index (κ2) is 6.99. The number of benzene rings is 2. The van der Waals surface area contributed by atoms with Gasteiger partial charge in [0, 0.05) is 17.1 Å². The first-order chi connectivity index (χ1) is 13.7. The fourth-order valence-corrected chi connectivity index (χ4v) is 4.01. The second-order valence-corrected chi connectivity index (χ2v) is 7.30. The van der Waals surface area contributed by atoms with Gasteiger partial charge in [0.2, 0.25) is 0 Å². The van der Waals surface area contributed by atoms with E-state index in [2.05, 4.69) is 0 Å². The maximum atomic E-state index is 13.3. The van der Waals surface area contributed by atoms with Crippen LogP contribution in [0.25, 0.3) is 16.9 Å². The molecule has 1 aliphatic carbocycles. The van der Waals surface area contributed by atoms with Crippen molar-refractivity contribution in [3.05, 3.63) is 71.4 Å². The predicted molar refractivity (Wildman–Crippen MR) is 104 cm³/mol. The molecule has 4 nitrogen and oxygen atoms in total. The number of carbonyl (C=O) groups is 1. The van der Waals surface area contributed by atoms with Gasteiger partial charge in [-0.05, 0) is 54.7 Å². The zero-order valence-electron chi connectivity index (χ0n) is 15.4. The number of carboxylic acid groups (broad SMARTS) is 1. The van der Waals surface area contributed by atoms with Crippen LogP contribution in [0.2, 0.25) is 0 Å². The van der Waals surface area contributed by atoms with E-state index in [-0.39, 0.29) is 30.5 Å². The third-order valence-corrected chi connectivity index (χ3v) is 5.37. The number of anilines is 1. The van der Waals surface area contributed by atoms with E-state index in [0.717, 1.165) is 17.0 Å². The van der Waals surface area contributed by atoms with Crippen molar-refractivity contribution in [1.82, 2.24) is 4.57 Å². The number of nitrogen functional groups attached to an aromatic ring is 1. The van der Waals surface area contributed by atoms with E-state index in [0.29, 0.717) is 11.3 Å². The van der Waals surface area contributed by atoms with E-state index in [1.54, 1.807) is 12.1 Å². The summed E-state index contributed by atoms with van der Waals surface area (Å²) in [6.45, 7) is 0. The van der Waals surface area contributed by atoms with E-state index in [1.165, 1.54) is 12.1 Å². The van der Waals surface area contributed by atoms with Crippen molar-refractivity contribution in [2.45, 2.75) is 25.4 Å². The highest BCUT2D eigenvalue weighted by Crippen LogP contribution is 2.41. The van der Waals surface area contributed by atoms with Gasteiger partial charge in [-0.3, -0.25) is 0 Å². The fraction of sp³-hybridized carbons (Fsp3) is 0.227. The van der Waals surface area contributed by atoms with Crippen LogP contribution in [0, 0.1) is 5.92 Å². The summed E-state index contributed by atoms with van der Waals surface area (Å²) < 4.78 is 41.7. The molecule has 0 spiro atoms. The largest absolute Gasteiger partial charge is 0.478 e. The minimum atomic E-state index is -4.24. The molecule has 29 heavy (non-hydrogen) atoms. The fourth-order valence-electron chi connectivity index (χ4n) is 4.01. The Morgan fingerprint density at radius 2 is 1.83 bits per heavy atom. The lowest BCUT2D eigenvalue weighted by Gasteiger charge is -2.26. The summed E-state index contributed by atoms with van der Waals surface area (Å²) in [5, 5.41) is 9.39. The number of rotatable bonds is 3. The molecule has 0 amide bonds. The molecule has 1 unspecified atom stereocenters. The first-order valence-electron chi connectivity index (χ1n) is 9.24. The van der Waals surface area contributed by atoms with Crippen LogP contribution in [0.5, 0.6) is 0 Å². The number of halogens is 3. The van der Waals surface area contributed by atoms with Gasteiger partial charge in [0.1, 0.15) is 0 Å². The molecule has 7 heteroatoms. The van der Waals surface area contributed by atoms with Gasteiger partial charge in [-0.15, -0.1) is 0 Å². The molecule has 1 aliphatic rings. The maximum Gasteiger partial charge on any atom is 0.392 e. The van der Waals surface area contributed by atoms with Crippen LogP contribution in [-0.4, -0.2) is 21.8 Å². The number of aromatic nitrogens is 1. The number of aromatic carboxylic acids is 1. The van der Waals surface area contributed by atoms with Crippen LogP contribution in [0.3, 0.4) is 0 Å². The molecule has 2 aromatic carbocycles. The smallest absolute Gasteiger partial charge is 0.392 e. The SMILES string of the molecule is Nc1cc(C(=O)O)cc(-n2c(-c3ccccc3)cc3c2CCC(C(F)(F)F)C3)c1. The minimum Gasteiger partial charge on any atom is -0.478 e. The molecule has 0 radical (unpaired) electrons. The first-order valence-corrected chi connectivity index (χ1v) is 9.24.